The molecule has 0 saturated heterocycles. The predicted octanol–water partition coefficient (Wildman–Crippen LogP) is 4.17. The summed E-state index contributed by atoms with van der Waals surface area (Å²) in [5.41, 5.74) is -0.597. The van der Waals surface area contributed by atoms with Gasteiger partial charge in [-0.25, -0.2) is 0 Å². The van der Waals surface area contributed by atoms with Crippen molar-refractivity contribution in [2.75, 3.05) is 0 Å². The van der Waals surface area contributed by atoms with E-state index in [1.807, 2.05) is 0 Å². The van der Waals surface area contributed by atoms with Crippen molar-refractivity contribution in [2.45, 2.75) is 18.8 Å². The third-order valence-electron chi connectivity index (χ3n) is 3.08. The molecular formula is C14H12Cl2O3. The number of halogens is 2. The number of carbonyl (C=O) groups is 1. The van der Waals surface area contributed by atoms with Crippen LogP contribution >= 0.6 is 23.2 Å². The standard InChI is InChI=1S/C14H12Cl2O3/c1-14(13(17)18,8-12-3-2-4-19-12)9-5-10(15)7-11(16)6-9/h2-7H,8H2,1H3,(H,17,18). The van der Waals surface area contributed by atoms with Gasteiger partial charge in [-0.3, -0.25) is 4.79 Å². The second-order valence-electron chi connectivity index (χ2n) is 4.55. The highest BCUT2D eigenvalue weighted by Crippen LogP contribution is 2.32. The number of hydrogen-bond donors (Lipinski definition) is 1. The molecule has 2 aromatic rings. The zero-order valence-electron chi connectivity index (χ0n) is 10.2. The molecule has 0 saturated carbocycles. The van der Waals surface area contributed by atoms with Crippen molar-refractivity contribution in [2.24, 2.45) is 0 Å². The fraction of sp³-hybridized carbons (Fsp3) is 0.214. The van der Waals surface area contributed by atoms with Crippen molar-refractivity contribution in [3.8, 4) is 0 Å². The lowest BCUT2D eigenvalue weighted by Gasteiger charge is -2.24. The maximum Gasteiger partial charge on any atom is 0.314 e. The fourth-order valence-corrected chi connectivity index (χ4v) is 2.46. The summed E-state index contributed by atoms with van der Waals surface area (Å²) in [7, 11) is 0. The van der Waals surface area contributed by atoms with Crippen molar-refractivity contribution < 1.29 is 14.3 Å². The van der Waals surface area contributed by atoms with Crippen LogP contribution in [-0.2, 0) is 16.6 Å². The number of carboxylic acids is 1. The minimum absolute atomic E-state index is 0.228. The molecule has 1 atom stereocenters. The van der Waals surface area contributed by atoms with E-state index in [1.54, 1.807) is 37.3 Å². The van der Waals surface area contributed by atoms with Gasteiger partial charge in [0.1, 0.15) is 5.76 Å². The number of furan rings is 1. The Balaban J connectivity index is 2.46. The van der Waals surface area contributed by atoms with Gasteiger partial charge < -0.3 is 9.52 Å². The molecule has 0 radical (unpaired) electrons. The summed E-state index contributed by atoms with van der Waals surface area (Å²) >= 11 is 11.9. The molecule has 0 aliphatic rings. The van der Waals surface area contributed by atoms with Gasteiger partial charge in [-0.2, -0.15) is 0 Å². The molecule has 2 rings (SSSR count). The van der Waals surface area contributed by atoms with Crippen molar-refractivity contribution in [3.63, 3.8) is 0 Å². The van der Waals surface area contributed by atoms with Gasteiger partial charge in [-0.05, 0) is 42.8 Å². The van der Waals surface area contributed by atoms with E-state index >= 15 is 0 Å². The van der Waals surface area contributed by atoms with E-state index in [0.717, 1.165) is 0 Å². The van der Waals surface area contributed by atoms with Gasteiger partial charge in [0.25, 0.3) is 0 Å². The molecule has 0 aliphatic carbocycles. The van der Waals surface area contributed by atoms with Gasteiger partial charge in [0, 0.05) is 16.5 Å². The number of rotatable bonds is 4. The molecule has 5 heteroatoms. The van der Waals surface area contributed by atoms with Gasteiger partial charge in [-0.15, -0.1) is 0 Å². The van der Waals surface area contributed by atoms with E-state index in [2.05, 4.69) is 0 Å². The van der Waals surface area contributed by atoms with Crippen LogP contribution in [0.3, 0.4) is 0 Å². The van der Waals surface area contributed by atoms with Crippen LogP contribution in [0.5, 0.6) is 0 Å². The SMILES string of the molecule is CC(Cc1ccco1)(C(=O)O)c1cc(Cl)cc(Cl)c1. The monoisotopic (exact) mass is 298 g/mol. The summed E-state index contributed by atoms with van der Waals surface area (Å²) in [6.07, 6.45) is 1.74. The number of benzene rings is 1. The maximum absolute atomic E-state index is 11.6. The van der Waals surface area contributed by atoms with Gasteiger partial charge in [0.15, 0.2) is 0 Å². The Morgan fingerprint density at radius 3 is 2.42 bits per heavy atom. The lowest BCUT2D eigenvalue weighted by Crippen LogP contribution is -2.34. The second-order valence-corrected chi connectivity index (χ2v) is 5.42. The summed E-state index contributed by atoms with van der Waals surface area (Å²) < 4.78 is 5.23. The Labute approximate surface area is 120 Å². The molecule has 0 aliphatic heterocycles. The predicted molar refractivity (Wildman–Crippen MR) is 73.9 cm³/mol. The first-order valence-corrected chi connectivity index (χ1v) is 6.40. The Bertz CT molecular complexity index is 572. The molecule has 3 nitrogen and oxygen atoms in total. The average Bonchev–Trinajstić information content (AvgIpc) is 2.79. The van der Waals surface area contributed by atoms with Crippen molar-refractivity contribution in [1.82, 2.24) is 0 Å². The second kappa shape index (κ2) is 5.27. The molecule has 0 amide bonds. The van der Waals surface area contributed by atoms with Crippen molar-refractivity contribution >= 4 is 29.2 Å². The first-order chi connectivity index (χ1) is 8.91. The van der Waals surface area contributed by atoms with Crippen LogP contribution in [0, 0.1) is 0 Å². The lowest BCUT2D eigenvalue weighted by molar-refractivity contribution is -0.143. The molecule has 1 N–H and O–H groups in total. The molecule has 1 heterocycles. The topological polar surface area (TPSA) is 50.4 Å². The molecule has 0 bridgehead atoms. The highest BCUT2D eigenvalue weighted by atomic mass is 35.5. The van der Waals surface area contributed by atoms with Crippen LogP contribution in [0.4, 0.5) is 0 Å². The molecule has 1 aromatic carbocycles. The van der Waals surface area contributed by atoms with Crippen LogP contribution in [0.2, 0.25) is 10.0 Å². The van der Waals surface area contributed by atoms with Gasteiger partial charge >= 0.3 is 5.97 Å². The molecular weight excluding hydrogens is 287 g/mol. The molecule has 1 aromatic heterocycles. The van der Waals surface area contributed by atoms with E-state index < -0.39 is 11.4 Å². The van der Waals surface area contributed by atoms with Crippen molar-refractivity contribution in [1.29, 1.82) is 0 Å². The Morgan fingerprint density at radius 2 is 1.95 bits per heavy atom. The first-order valence-electron chi connectivity index (χ1n) is 5.64. The summed E-state index contributed by atoms with van der Waals surface area (Å²) in [6, 6.07) is 8.27. The Kier molecular flexibility index (Phi) is 3.88. The molecule has 0 fully saturated rings. The maximum atomic E-state index is 11.6. The van der Waals surface area contributed by atoms with E-state index in [4.69, 9.17) is 27.6 Å². The van der Waals surface area contributed by atoms with Crippen LogP contribution in [-0.4, -0.2) is 11.1 Å². The Morgan fingerprint density at radius 1 is 1.32 bits per heavy atom. The van der Waals surface area contributed by atoms with Gasteiger partial charge in [0.05, 0.1) is 11.7 Å². The summed E-state index contributed by atoms with van der Waals surface area (Å²) in [6.45, 7) is 1.62. The zero-order chi connectivity index (χ0) is 14.0. The van der Waals surface area contributed by atoms with Crippen LogP contribution < -0.4 is 0 Å². The quantitative estimate of drug-likeness (QED) is 0.921. The zero-order valence-corrected chi connectivity index (χ0v) is 11.7. The summed E-state index contributed by atoms with van der Waals surface area (Å²) in [5.74, 6) is -0.358. The number of hydrogen-bond acceptors (Lipinski definition) is 2. The average molecular weight is 299 g/mol. The minimum Gasteiger partial charge on any atom is -0.481 e. The van der Waals surface area contributed by atoms with Gasteiger partial charge in [-0.1, -0.05) is 23.2 Å². The molecule has 19 heavy (non-hydrogen) atoms. The lowest BCUT2D eigenvalue weighted by atomic mass is 9.79. The minimum atomic E-state index is -1.15. The highest BCUT2D eigenvalue weighted by Gasteiger charge is 2.36. The fourth-order valence-electron chi connectivity index (χ4n) is 1.94. The van der Waals surface area contributed by atoms with Crippen molar-refractivity contribution in [3.05, 3.63) is 58.0 Å². The molecule has 0 spiro atoms. The summed E-state index contributed by atoms with van der Waals surface area (Å²) in [4.78, 5) is 11.6. The van der Waals surface area contributed by atoms with Gasteiger partial charge in [0.2, 0.25) is 0 Å². The molecule has 100 valence electrons. The van der Waals surface area contributed by atoms with E-state index in [1.165, 1.54) is 6.26 Å². The largest absolute Gasteiger partial charge is 0.481 e. The van der Waals surface area contributed by atoms with Crippen LogP contribution in [0.25, 0.3) is 0 Å². The third kappa shape index (κ3) is 2.94. The van der Waals surface area contributed by atoms with E-state index in [0.29, 0.717) is 21.4 Å². The van der Waals surface area contributed by atoms with E-state index in [-0.39, 0.29) is 6.42 Å². The van der Waals surface area contributed by atoms with Crippen LogP contribution in [0.1, 0.15) is 18.2 Å². The van der Waals surface area contributed by atoms with Crippen LogP contribution in [0.15, 0.2) is 41.0 Å². The normalized spacial score (nSPS) is 14.1. The van der Waals surface area contributed by atoms with E-state index in [9.17, 15) is 9.90 Å². The number of aliphatic carboxylic acids is 1. The molecule has 1 unspecified atom stereocenters. The highest BCUT2D eigenvalue weighted by molar-refractivity contribution is 6.34. The first kappa shape index (κ1) is 14.0. The smallest absolute Gasteiger partial charge is 0.314 e. The number of carboxylic acid groups (broad SMARTS) is 1. The third-order valence-corrected chi connectivity index (χ3v) is 3.52. The Hall–Kier alpha value is -1.45. The summed E-state index contributed by atoms with van der Waals surface area (Å²) in [5, 5.41) is 10.4.